The highest BCUT2D eigenvalue weighted by Gasteiger charge is 2.51. The molecule has 0 amide bonds. The predicted molar refractivity (Wildman–Crippen MR) is 57.6 cm³/mol. The number of carbonyl (C=O) groups is 1. The number of likely N-dealkylation sites (N-methyl/N-ethyl adjacent to an activating group) is 1. The van der Waals surface area contributed by atoms with Crippen LogP contribution >= 0.6 is 0 Å². The number of nitrogens with zero attached hydrogens (tertiary/aromatic N) is 1. The molecule has 0 spiro atoms. The van der Waals surface area contributed by atoms with Gasteiger partial charge in [0.05, 0.1) is 7.11 Å². The average Bonchev–Trinajstić information content (AvgIpc) is 3.02. The quantitative estimate of drug-likeness (QED) is 0.686. The minimum atomic E-state index is -0.475. The molecule has 2 unspecified atom stereocenters. The zero-order valence-corrected chi connectivity index (χ0v) is 9.75. The van der Waals surface area contributed by atoms with Crippen molar-refractivity contribution in [3.05, 3.63) is 0 Å². The van der Waals surface area contributed by atoms with Crippen LogP contribution in [0.15, 0.2) is 0 Å². The smallest absolute Gasteiger partial charge is 0.327 e. The third-order valence-electron chi connectivity index (χ3n) is 3.73. The van der Waals surface area contributed by atoms with Gasteiger partial charge in [-0.1, -0.05) is 0 Å². The van der Waals surface area contributed by atoms with E-state index in [1.165, 1.54) is 20.0 Å². The van der Waals surface area contributed by atoms with Gasteiger partial charge in [-0.15, -0.1) is 0 Å². The Hall–Kier alpha value is -0.610. The summed E-state index contributed by atoms with van der Waals surface area (Å²) in [5.74, 6) is -0.125. The van der Waals surface area contributed by atoms with Crippen LogP contribution in [0.1, 0.15) is 26.2 Å². The monoisotopic (exact) mass is 212 g/mol. The van der Waals surface area contributed by atoms with Gasteiger partial charge in [0.25, 0.3) is 0 Å². The number of esters is 1. The maximum Gasteiger partial charge on any atom is 0.327 e. The molecule has 0 aromatic rings. The molecule has 4 heteroatoms. The van der Waals surface area contributed by atoms with Crippen LogP contribution in [0.5, 0.6) is 0 Å². The molecule has 1 saturated carbocycles. The van der Waals surface area contributed by atoms with Gasteiger partial charge in [0.2, 0.25) is 0 Å². The number of nitrogens with one attached hydrogen (secondary N) is 1. The van der Waals surface area contributed by atoms with Gasteiger partial charge in [0.1, 0.15) is 5.54 Å². The molecule has 4 nitrogen and oxygen atoms in total. The van der Waals surface area contributed by atoms with Gasteiger partial charge >= 0.3 is 5.97 Å². The lowest BCUT2D eigenvalue weighted by atomic mass is 9.97. The van der Waals surface area contributed by atoms with Gasteiger partial charge in [-0.25, -0.2) is 0 Å². The van der Waals surface area contributed by atoms with Crippen LogP contribution in [-0.4, -0.2) is 49.2 Å². The molecule has 2 fully saturated rings. The molecule has 1 saturated heterocycles. The van der Waals surface area contributed by atoms with Crippen molar-refractivity contribution in [3.8, 4) is 0 Å². The second kappa shape index (κ2) is 3.76. The third kappa shape index (κ3) is 1.76. The molecule has 2 aliphatic rings. The zero-order valence-electron chi connectivity index (χ0n) is 9.75. The first-order valence-corrected chi connectivity index (χ1v) is 5.66. The second-order valence-corrected chi connectivity index (χ2v) is 4.78. The highest BCUT2D eigenvalue weighted by molar-refractivity contribution is 5.81. The Bertz CT molecular complexity index is 265. The fourth-order valence-corrected chi connectivity index (χ4v) is 2.68. The molecule has 0 aromatic heterocycles. The Morgan fingerprint density at radius 2 is 2.20 bits per heavy atom. The molecule has 15 heavy (non-hydrogen) atoms. The van der Waals surface area contributed by atoms with Gasteiger partial charge in [0.15, 0.2) is 0 Å². The molecule has 0 bridgehead atoms. The minimum Gasteiger partial charge on any atom is -0.468 e. The number of likely N-dealkylation sites (tertiary alicyclic amines) is 1. The lowest BCUT2D eigenvalue weighted by Gasteiger charge is -2.25. The number of hydrogen-bond acceptors (Lipinski definition) is 4. The summed E-state index contributed by atoms with van der Waals surface area (Å²) in [4.78, 5) is 14.2. The summed E-state index contributed by atoms with van der Waals surface area (Å²) >= 11 is 0. The molecular weight excluding hydrogens is 192 g/mol. The van der Waals surface area contributed by atoms with Crippen molar-refractivity contribution in [2.75, 3.05) is 20.7 Å². The highest BCUT2D eigenvalue weighted by Crippen LogP contribution is 2.37. The van der Waals surface area contributed by atoms with E-state index < -0.39 is 5.54 Å². The summed E-state index contributed by atoms with van der Waals surface area (Å²) < 4.78 is 4.90. The first kappa shape index (κ1) is 10.9. The van der Waals surface area contributed by atoms with Gasteiger partial charge in [-0.2, -0.15) is 0 Å². The summed E-state index contributed by atoms with van der Waals surface area (Å²) in [5.41, 5.74) is -0.475. The Labute approximate surface area is 91.0 Å². The molecular formula is C11H20N2O2. The zero-order chi connectivity index (χ0) is 11.1. The van der Waals surface area contributed by atoms with Gasteiger partial charge in [0, 0.05) is 18.6 Å². The largest absolute Gasteiger partial charge is 0.468 e. The molecule has 2 rings (SSSR count). The topological polar surface area (TPSA) is 41.6 Å². The standard InChI is InChI=1S/C11H20N2O2/c1-8-6-11(12-2,10(14)15-3)7-13(8)9-4-5-9/h8-9,12H,4-7H2,1-3H3. The Kier molecular flexibility index (Phi) is 2.73. The molecule has 1 heterocycles. The van der Waals surface area contributed by atoms with Crippen LogP contribution in [0.3, 0.4) is 0 Å². The van der Waals surface area contributed by atoms with Crippen LogP contribution in [0.25, 0.3) is 0 Å². The summed E-state index contributed by atoms with van der Waals surface area (Å²) in [6.07, 6.45) is 3.42. The lowest BCUT2D eigenvalue weighted by molar-refractivity contribution is -0.147. The Morgan fingerprint density at radius 1 is 1.53 bits per heavy atom. The van der Waals surface area contributed by atoms with Gasteiger partial charge in [-0.3, -0.25) is 9.69 Å². The van der Waals surface area contributed by atoms with Crippen molar-refractivity contribution in [1.82, 2.24) is 10.2 Å². The van der Waals surface area contributed by atoms with E-state index in [9.17, 15) is 4.79 Å². The van der Waals surface area contributed by atoms with E-state index in [-0.39, 0.29) is 5.97 Å². The van der Waals surface area contributed by atoms with Crippen molar-refractivity contribution < 1.29 is 9.53 Å². The van der Waals surface area contributed by atoms with Gasteiger partial charge in [-0.05, 0) is 33.2 Å². The van der Waals surface area contributed by atoms with Crippen LogP contribution in [0.4, 0.5) is 0 Å². The van der Waals surface area contributed by atoms with Gasteiger partial charge < -0.3 is 10.1 Å². The molecule has 1 aliphatic heterocycles. The molecule has 0 radical (unpaired) electrons. The summed E-state index contributed by atoms with van der Waals surface area (Å²) in [7, 11) is 3.31. The second-order valence-electron chi connectivity index (χ2n) is 4.78. The van der Waals surface area contributed by atoms with Crippen molar-refractivity contribution >= 4 is 5.97 Å². The molecule has 1 aliphatic carbocycles. The Morgan fingerprint density at radius 3 is 2.67 bits per heavy atom. The average molecular weight is 212 g/mol. The van der Waals surface area contributed by atoms with E-state index in [1.54, 1.807) is 0 Å². The van der Waals surface area contributed by atoms with Crippen molar-refractivity contribution in [3.63, 3.8) is 0 Å². The lowest BCUT2D eigenvalue weighted by Crippen LogP contribution is -2.53. The van der Waals surface area contributed by atoms with E-state index in [1.807, 2.05) is 7.05 Å². The van der Waals surface area contributed by atoms with E-state index in [0.717, 1.165) is 13.0 Å². The molecule has 2 atom stereocenters. The summed E-state index contributed by atoms with van der Waals surface area (Å²) in [6.45, 7) is 2.99. The number of carbonyl (C=O) groups excluding carboxylic acids is 1. The third-order valence-corrected chi connectivity index (χ3v) is 3.73. The first-order valence-electron chi connectivity index (χ1n) is 5.66. The summed E-state index contributed by atoms with van der Waals surface area (Å²) in [5, 5.41) is 3.15. The first-order chi connectivity index (χ1) is 7.13. The van der Waals surface area contributed by atoms with E-state index in [2.05, 4.69) is 17.1 Å². The predicted octanol–water partition coefficient (Wildman–Crippen LogP) is 0.374. The molecule has 86 valence electrons. The van der Waals surface area contributed by atoms with E-state index in [0.29, 0.717) is 12.1 Å². The van der Waals surface area contributed by atoms with Crippen molar-refractivity contribution in [2.24, 2.45) is 0 Å². The minimum absolute atomic E-state index is 0.125. The van der Waals surface area contributed by atoms with Crippen LogP contribution in [0, 0.1) is 0 Å². The maximum absolute atomic E-state index is 11.8. The Balaban J connectivity index is 2.11. The fourth-order valence-electron chi connectivity index (χ4n) is 2.68. The van der Waals surface area contributed by atoms with Crippen molar-refractivity contribution in [2.45, 2.75) is 43.8 Å². The number of rotatable bonds is 3. The highest BCUT2D eigenvalue weighted by atomic mass is 16.5. The fraction of sp³-hybridized carbons (Fsp3) is 0.909. The van der Waals surface area contributed by atoms with Crippen LogP contribution < -0.4 is 5.32 Å². The number of methoxy groups -OCH3 is 1. The van der Waals surface area contributed by atoms with Crippen molar-refractivity contribution in [1.29, 1.82) is 0 Å². The van der Waals surface area contributed by atoms with Crippen LogP contribution in [-0.2, 0) is 9.53 Å². The summed E-state index contributed by atoms with van der Waals surface area (Å²) in [6, 6.07) is 1.18. The van der Waals surface area contributed by atoms with E-state index >= 15 is 0 Å². The molecule has 1 N–H and O–H groups in total. The maximum atomic E-state index is 11.8. The van der Waals surface area contributed by atoms with Crippen LogP contribution in [0.2, 0.25) is 0 Å². The normalized spacial score (nSPS) is 36.9. The number of ether oxygens (including phenoxy) is 1. The SMILES string of the molecule is CNC1(C(=O)OC)CC(C)N(C2CC2)C1. The molecule has 0 aromatic carbocycles. The number of hydrogen-bond donors (Lipinski definition) is 1. The van der Waals surface area contributed by atoms with E-state index in [4.69, 9.17) is 4.74 Å².